The molecule has 1 N–H and O–H groups in total. The molecule has 0 radical (unpaired) electrons. The van der Waals surface area contributed by atoms with Gasteiger partial charge in [0.25, 0.3) is 5.91 Å². The van der Waals surface area contributed by atoms with Crippen LogP contribution in [0, 0.1) is 11.6 Å². The van der Waals surface area contributed by atoms with E-state index in [0.717, 1.165) is 12.1 Å². The molecule has 3 nitrogen and oxygen atoms in total. The lowest BCUT2D eigenvalue weighted by atomic mass is 10.1. The van der Waals surface area contributed by atoms with E-state index in [0.29, 0.717) is 25.9 Å². The Hall–Kier alpha value is -1.20. The number of benzene rings is 1. The summed E-state index contributed by atoms with van der Waals surface area (Å²) in [5.41, 5.74) is -0.0491. The first-order valence-electron chi connectivity index (χ1n) is 5.61. The minimum atomic E-state index is -1.10. The molecular formula is C12H12ClF2NO2. The van der Waals surface area contributed by atoms with Crippen LogP contribution in [-0.4, -0.2) is 35.1 Å². The Balaban J connectivity index is 2.21. The number of hydrogen-bond donors (Lipinski definition) is 1. The Bertz CT molecular complexity index is 473. The van der Waals surface area contributed by atoms with Gasteiger partial charge in [0.2, 0.25) is 0 Å². The lowest BCUT2D eigenvalue weighted by molar-refractivity contribution is 0.0546. The molecule has 1 fully saturated rings. The van der Waals surface area contributed by atoms with Crippen LogP contribution in [0.3, 0.4) is 0 Å². The third-order valence-corrected chi connectivity index (χ3v) is 3.30. The second-order valence-electron chi connectivity index (χ2n) is 4.27. The van der Waals surface area contributed by atoms with Crippen LogP contribution in [0.1, 0.15) is 23.2 Å². The van der Waals surface area contributed by atoms with Gasteiger partial charge in [-0.2, -0.15) is 0 Å². The van der Waals surface area contributed by atoms with Crippen LogP contribution in [0.4, 0.5) is 8.78 Å². The minimum absolute atomic E-state index is 0.0491. The topological polar surface area (TPSA) is 40.5 Å². The van der Waals surface area contributed by atoms with Crippen molar-refractivity contribution in [1.82, 2.24) is 4.90 Å². The number of aliphatic hydroxyl groups excluding tert-OH is 1. The van der Waals surface area contributed by atoms with Crippen LogP contribution < -0.4 is 0 Å². The number of aliphatic hydroxyl groups is 1. The van der Waals surface area contributed by atoms with Gasteiger partial charge < -0.3 is 10.0 Å². The fourth-order valence-corrected chi connectivity index (χ4v) is 2.16. The molecule has 1 heterocycles. The summed E-state index contributed by atoms with van der Waals surface area (Å²) >= 11 is 5.74. The molecule has 0 saturated carbocycles. The first kappa shape index (κ1) is 13.2. The number of nitrogens with zero attached hydrogens (tertiary/aromatic N) is 1. The van der Waals surface area contributed by atoms with Gasteiger partial charge in [-0.25, -0.2) is 8.78 Å². The van der Waals surface area contributed by atoms with Gasteiger partial charge in [-0.3, -0.25) is 4.79 Å². The van der Waals surface area contributed by atoms with Crippen molar-refractivity contribution in [1.29, 1.82) is 0 Å². The maximum Gasteiger partial charge on any atom is 0.255 e. The molecule has 2 rings (SSSR count). The Morgan fingerprint density at radius 1 is 1.28 bits per heavy atom. The van der Waals surface area contributed by atoms with Crippen LogP contribution in [0.5, 0.6) is 0 Å². The molecule has 1 amide bonds. The SMILES string of the molecule is O=C(c1cc(F)c(F)cc1Cl)N1CCC(O)CC1. The molecule has 0 aromatic heterocycles. The van der Waals surface area contributed by atoms with Crippen LogP contribution in [0.25, 0.3) is 0 Å². The van der Waals surface area contributed by atoms with Gasteiger partial charge in [-0.05, 0) is 25.0 Å². The molecule has 1 aliphatic rings. The number of carbonyl (C=O) groups is 1. The van der Waals surface area contributed by atoms with Gasteiger partial charge in [0.1, 0.15) is 0 Å². The third kappa shape index (κ3) is 2.62. The van der Waals surface area contributed by atoms with Gasteiger partial charge in [0.05, 0.1) is 16.7 Å². The lowest BCUT2D eigenvalue weighted by Gasteiger charge is -2.29. The average molecular weight is 276 g/mol. The fraction of sp³-hybridized carbons (Fsp3) is 0.417. The van der Waals surface area contributed by atoms with Crippen molar-refractivity contribution >= 4 is 17.5 Å². The van der Waals surface area contributed by atoms with Gasteiger partial charge >= 0.3 is 0 Å². The average Bonchev–Trinajstić information content (AvgIpc) is 2.34. The summed E-state index contributed by atoms with van der Waals surface area (Å²) in [7, 11) is 0. The summed E-state index contributed by atoms with van der Waals surface area (Å²) in [4.78, 5) is 13.5. The first-order valence-corrected chi connectivity index (χ1v) is 5.98. The molecular weight excluding hydrogens is 264 g/mol. The summed E-state index contributed by atoms with van der Waals surface area (Å²) in [5.74, 6) is -2.61. The zero-order valence-corrected chi connectivity index (χ0v) is 10.3. The Morgan fingerprint density at radius 2 is 1.83 bits per heavy atom. The molecule has 0 bridgehead atoms. The molecule has 0 unspecified atom stereocenters. The van der Waals surface area contributed by atoms with E-state index in [4.69, 9.17) is 11.6 Å². The lowest BCUT2D eigenvalue weighted by Crippen LogP contribution is -2.40. The Morgan fingerprint density at radius 3 is 2.44 bits per heavy atom. The molecule has 18 heavy (non-hydrogen) atoms. The monoisotopic (exact) mass is 275 g/mol. The zero-order valence-electron chi connectivity index (χ0n) is 9.50. The largest absolute Gasteiger partial charge is 0.393 e. The molecule has 1 saturated heterocycles. The van der Waals surface area contributed by atoms with Crippen LogP contribution in [0.2, 0.25) is 5.02 Å². The number of piperidine rings is 1. The molecule has 1 aromatic rings. The summed E-state index contributed by atoms with van der Waals surface area (Å²) < 4.78 is 26.0. The van der Waals surface area contributed by atoms with Crippen molar-refractivity contribution in [2.45, 2.75) is 18.9 Å². The van der Waals surface area contributed by atoms with Gasteiger partial charge in [-0.15, -0.1) is 0 Å². The summed E-state index contributed by atoms with van der Waals surface area (Å²) in [6.45, 7) is 0.769. The van der Waals surface area contributed by atoms with Crippen molar-refractivity contribution in [2.75, 3.05) is 13.1 Å². The molecule has 0 aliphatic carbocycles. The van der Waals surface area contributed by atoms with E-state index < -0.39 is 23.6 Å². The summed E-state index contributed by atoms with van der Waals surface area (Å²) in [6.07, 6.45) is 0.551. The van der Waals surface area contributed by atoms with Crippen molar-refractivity contribution in [3.8, 4) is 0 Å². The zero-order chi connectivity index (χ0) is 13.3. The van der Waals surface area contributed by atoms with Crippen molar-refractivity contribution in [2.24, 2.45) is 0 Å². The first-order chi connectivity index (χ1) is 8.49. The fourth-order valence-electron chi connectivity index (χ4n) is 1.93. The maximum atomic E-state index is 13.1. The van der Waals surface area contributed by atoms with Crippen molar-refractivity contribution in [3.63, 3.8) is 0 Å². The van der Waals surface area contributed by atoms with Gasteiger partial charge in [-0.1, -0.05) is 11.6 Å². The molecule has 1 aromatic carbocycles. The molecule has 6 heteroatoms. The Labute approximate surface area is 108 Å². The van der Waals surface area contributed by atoms with E-state index in [1.54, 1.807) is 0 Å². The van der Waals surface area contributed by atoms with Crippen molar-refractivity contribution < 1.29 is 18.7 Å². The second kappa shape index (κ2) is 5.20. The van der Waals surface area contributed by atoms with E-state index in [2.05, 4.69) is 0 Å². The van der Waals surface area contributed by atoms with E-state index in [9.17, 15) is 18.7 Å². The normalized spacial score (nSPS) is 17.0. The number of hydrogen-bond acceptors (Lipinski definition) is 2. The van der Waals surface area contributed by atoms with Crippen LogP contribution >= 0.6 is 11.6 Å². The number of likely N-dealkylation sites (tertiary alicyclic amines) is 1. The number of carbonyl (C=O) groups excluding carboxylic acids is 1. The maximum absolute atomic E-state index is 13.1. The van der Waals surface area contributed by atoms with E-state index >= 15 is 0 Å². The number of rotatable bonds is 1. The standard InChI is InChI=1S/C12H12ClF2NO2/c13-9-6-11(15)10(14)5-8(9)12(18)16-3-1-7(17)2-4-16/h5-7,17H,1-4H2. The Kier molecular flexibility index (Phi) is 3.82. The summed E-state index contributed by atoms with van der Waals surface area (Å²) in [5, 5.41) is 9.23. The number of amides is 1. The van der Waals surface area contributed by atoms with Crippen LogP contribution in [-0.2, 0) is 0 Å². The highest BCUT2D eigenvalue weighted by atomic mass is 35.5. The molecule has 0 spiro atoms. The highest BCUT2D eigenvalue weighted by molar-refractivity contribution is 6.33. The van der Waals surface area contributed by atoms with Crippen LogP contribution in [0.15, 0.2) is 12.1 Å². The minimum Gasteiger partial charge on any atom is -0.393 e. The highest BCUT2D eigenvalue weighted by Gasteiger charge is 2.24. The second-order valence-corrected chi connectivity index (χ2v) is 4.68. The molecule has 98 valence electrons. The molecule has 0 atom stereocenters. The third-order valence-electron chi connectivity index (χ3n) is 2.99. The highest BCUT2D eigenvalue weighted by Crippen LogP contribution is 2.23. The summed E-state index contributed by atoms with van der Waals surface area (Å²) in [6, 6.07) is 1.61. The molecule has 1 aliphatic heterocycles. The number of halogens is 3. The van der Waals surface area contributed by atoms with Crippen molar-refractivity contribution in [3.05, 3.63) is 34.4 Å². The van der Waals surface area contributed by atoms with Gasteiger partial charge in [0, 0.05) is 13.1 Å². The predicted molar refractivity (Wildman–Crippen MR) is 62.5 cm³/mol. The van der Waals surface area contributed by atoms with E-state index in [-0.39, 0.29) is 10.6 Å². The smallest absolute Gasteiger partial charge is 0.255 e. The van der Waals surface area contributed by atoms with E-state index in [1.807, 2.05) is 0 Å². The van der Waals surface area contributed by atoms with Gasteiger partial charge in [0.15, 0.2) is 11.6 Å². The predicted octanol–water partition coefficient (Wildman–Crippen LogP) is 2.22. The van der Waals surface area contributed by atoms with E-state index in [1.165, 1.54) is 4.90 Å². The quantitative estimate of drug-likeness (QED) is 0.799.